The van der Waals surface area contributed by atoms with Crippen LogP contribution in [0.3, 0.4) is 0 Å². The number of ether oxygens (including phenoxy) is 1. The second-order valence-corrected chi connectivity index (χ2v) is 6.75. The maximum atomic E-state index is 5.47. The van der Waals surface area contributed by atoms with E-state index in [0.29, 0.717) is 6.04 Å². The Labute approximate surface area is 145 Å². The molecule has 3 rings (SSSR count). The minimum Gasteiger partial charge on any atom is -0.497 e. The van der Waals surface area contributed by atoms with E-state index in [2.05, 4.69) is 74.4 Å². The van der Waals surface area contributed by atoms with Gasteiger partial charge in [0.05, 0.1) is 7.11 Å². The van der Waals surface area contributed by atoms with Crippen molar-refractivity contribution in [1.29, 1.82) is 0 Å². The molecule has 0 spiro atoms. The Hall–Kier alpha value is -1.51. The Balaban J connectivity index is 0.00000192. The summed E-state index contributed by atoms with van der Waals surface area (Å²) in [5.74, 6) is 0.948. The van der Waals surface area contributed by atoms with E-state index in [1.807, 2.05) is 0 Å². The lowest BCUT2D eigenvalue weighted by Crippen LogP contribution is -2.42. The van der Waals surface area contributed by atoms with E-state index in [0.717, 1.165) is 18.6 Å². The Morgan fingerprint density at radius 1 is 1.09 bits per heavy atom. The molecule has 0 N–H and O–H groups in total. The molecule has 2 nitrogen and oxygen atoms in total. The van der Waals surface area contributed by atoms with E-state index >= 15 is 0 Å². The third kappa shape index (κ3) is 3.24. The molecule has 3 heteroatoms. The van der Waals surface area contributed by atoms with Crippen LogP contribution in [0.25, 0.3) is 0 Å². The summed E-state index contributed by atoms with van der Waals surface area (Å²) < 4.78 is 5.47. The summed E-state index contributed by atoms with van der Waals surface area (Å²) in [4.78, 5) is 2.36. The molecule has 124 valence electrons. The summed E-state index contributed by atoms with van der Waals surface area (Å²) in [5.41, 5.74) is 4.27. The van der Waals surface area contributed by atoms with Crippen molar-refractivity contribution in [2.24, 2.45) is 0 Å². The average Bonchev–Trinajstić information content (AvgIpc) is 2.55. The Morgan fingerprint density at radius 2 is 1.78 bits per heavy atom. The monoisotopic (exact) mass is 331 g/mol. The quantitative estimate of drug-likeness (QED) is 0.831. The zero-order chi connectivity index (χ0) is 15.7. The van der Waals surface area contributed by atoms with E-state index in [-0.39, 0.29) is 17.8 Å². The van der Waals surface area contributed by atoms with Crippen LogP contribution in [-0.4, -0.2) is 32.1 Å². The fraction of sp³-hybridized carbons (Fsp3) is 0.400. The highest BCUT2D eigenvalue weighted by molar-refractivity contribution is 5.85. The number of nitrogens with zero attached hydrogens (tertiary/aromatic N) is 1. The van der Waals surface area contributed by atoms with Crippen molar-refractivity contribution in [1.82, 2.24) is 4.90 Å². The molecular weight excluding hydrogens is 306 g/mol. The summed E-state index contributed by atoms with van der Waals surface area (Å²) >= 11 is 0. The molecule has 2 atom stereocenters. The largest absolute Gasteiger partial charge is 0.497 e. The van der Waals surface area contributed by atoms with Crippen molar-refractivity contribution in [3.8, 4) is 5.75 Å². The van der Waals surface area contributed by atoms with Crippen LogP contribution in [0.15, 0.2) is 48.5 Å². The highest BCUT2D eigenvalue weighted by Crippen LogP contribution is 2.44. The molecule has 23 heavy (non-hydrogen) atoms. The lowest BCUT2D eigenvalue weighted by atomic mass is 9.65. The van der Waals surface area contributed by atoms with Gasteiger partial charge in [0.15, 0.2) is 0 Å². The normalized spacial score (nSPS) is 23.1. The first kappa shape index (κ1) is 17.8. The van der Waals surface area contributed by atoms with Crippen LogP contribution in [0.2, 0.25) is 0 Å². The zero-order valence-corrected chi connectivity index (χ0v) is 15.2. The van der Waals surface area contributed by atoms with E-state index in [1.165, 1.54) is 16.7 Å². The summed E-state index contributed by atoms with van der Waals surface area (Å²) in [6, 6.07) is 18.0. The number of methoxy groups -OCH3 is 1. The fourth-order valence-electron chi connectivity index (χ4n) is 3.73. The van der Waals surface area contributed by atoms with Crippen molar-refractivity contribution < 1.29 is 4.74 Å². The van der Waals surface area contributed by atoms with E-state index in [9.17, 15) is 0 Å². The molecule has 0 aromatic heterocycles. The van der Waals surface area contributed by atoms with Gasteiger partial charge in [0, 0.05) is 11.5 Å². The molecule has 0 saturated heterocycles. The first-order valence-electron chi connectivity index (χ1n) is 7.94. The van der Waals surface area contributed by atoms with Crippen molar-refractivity contribution in [2.45, 2.75) is 31.2 Å². The summed E-state index contributed by atoms with van der Waals surface area (Å²) in [6.07, 6.45) is 2.24. The standard InChI is InChI=1S/C20H25NO.ClH/c1-20(16-8-6-5-7-9-16)14-17(21(2)3)12-15-10-11-18(22-4)13-19(15)20;/h5-11,13,17H,12,14H2,1-4H3;1H. The van der Waals surface area contributed by atoms with Gasteiger partial charge in [-0.25, -0.2) is 0 Å². The number of hydrogen-bond donors (Lipinski definition) is 0. The van der Waals surface area contributed by atoms with Gasteiger partial charge in [0.25, 0.3) is 0 Å². The van der Waals surface area contributed by atoms with Gasteiger partial charge >= 0.3 is 0 Å². The van der Waals surface area contributed by atoms with E-state index < -0.39 is 0 Å². The number of benzene rings is 2. The molecule has 0 aliphatic heterocycles. The van der Waals surface area contributed by atoms with Crippen LogP contribution < -0.4 is 4.74 Å². The van der Waals surface area contributed by atoms with Crippen LogP contribution in [-0.2, 0) is 11.8 Å². The second kappa shape index (κ2) is 6.94. The van der Waals surface area contributed by atoms with Gasteiger partial charge in [-0.15, -0.1) is 12.4 Å². The van der Waals surface area contributed by atoms with Crippen molar-refractivity contribution in [2.75, 3.05) is 21.2 Å². The average molecular weight is 332 g/mol. The van der Waals surface area contributed by atoms with E-state index in [1.54, 1.807) is 7.11 Å². The summed E-state index contributed by atoms with van der Waals surface area (Å²) in [6.45, 7) is 2.37. The molecule has 0 bridgehead atoms. The van der Waals surface area contributed by atoms with Crippen molar-refractivity contribution in [3.63, 3.8) is 0 Å². The van der Waals surface area contributed by atoms with Crippen LogP contribution in [0.5, 0.6) is 5.75 Å². The molecule has 2 aromatic carbocycles. The SMILES string of the molecule is COc1ccc2c(c1)C(C)(c1ccccc1)CC(N(C)C)C2.Cl. The minimum absolute atomic E-state index is 0. The smallest absolute Gasteiger partial charge is 0.119 e. The third-order valence-corrected chi connectivity index (χ3v) is 5.15. The van der Waals surface area contributed by atoms with Crippen LogP contribution in [0.4, 0.5) is 0 Å². The third-order valence-electron chi connectivity index (χ3n) is 5.15. The van der Waals surface area contributed by atoms with Crippen LogP contribution >= 0.6 is 12.4 Å². The maximum absolute atomic E-state index is 5.47. The number of likely N-dealkylation sites (N-methyl/N-ethyl adjacent to an activating group) is 1. The molecule has 1 aliphatic rings. The van der Waals surface area contributed by atoms with Gasteiger partial charge in [-0.2, -0.15) is 0 Å². The van der Waals surface area contributed by atoms with Gasteiger partial charge in [-0.05, 0) is 55.8 Å². The van der Waals surface area contributed by atoms with Gasteiger partial charge in [-0.1, -0.05) is 43.3 Å². The van der Waals surface area contributed by atoms with Crippen molar-refractivity contribution >= 4 is 12.4 Å². The Morgan fingerprint density at radius 3 is 2.39 bits per heavy atom. The van der Waals surface area contributed by atoms with Gasteiger partial charge in [0.1, 0.15) is 5.75 Å². The van der Waals surface area contributed by atoms with Crippen LogP contribution in [0.1, 0.15) is 30.0 Å². The Kier molecular flexibility index (Phi) is 5.38. The molecule has 2 aromatic rings. The first-order chi connectivity index (χ1) is 10.5. The highest BCUT2D eigenvalue weighted by atomic mass is 35.5. The molecule has 0 saturated carbocycles. The lowest BCUT2D eigenvalue weighted by Gasteiger charge is -2.43. The van der Waals surface area contributed by atoms with Gasteiger partial charge in [0.2, 0.25) is 0 Å². The highest BCUT2D eigenvalue weighted by Gasteiger charge is 2.38. The maximum Gasteiger partial charge on any atom is 0.119 e. The molecular formula is C20H26ClNO. The topological polar surface area (TPSA) is 12.5 Å². The molecule has 0 heterocycles. The zero-order valence-electron chi connectivity index (χ0n) is 14.4. The predicted molar refractivity (Wildman–Crippen MR) is 98.9 cm³/mol. The molecule has 2 unspecified atom stereocenters. The predicted octanol–water partition coefficient (Wildman–Crippen LogP) is 4.30. The first-order valence-corrected chi connectivity index (χ1v) is 7.94. The number of rotatable bonds is 3. The van der Waals surface area contributed by atoms with Crippen molar-refractivity contribution in [3.05, 3.63) is 65.2 Å². The van der Waals surface area contributed by atoms with Crippen LogP contribution in [0, 0.1) is 0 Å². The van der Waals surface area contributed by atoms with E-state index in [4.69, 9.17) is 4.74 Å². The van der Waals surface area contributed by atoms with Gasteiger partial charge in [-0.3, -0.25) is 0 Å². The molecule has 0 radical (unpaired) electrons. The summed E-state index contributed by atoms with van der Waals surface area (Å²) in [5, 5.41) is 0. The fourth-order valence-corrected chi connectivity index (χ4v) is 3.73. The number of halogens is 1. The molecule has 0 amide bonds. The number of hydrogen-bond acceptors (Lipinski definition) is 2. The second-order valence-electron chi connectivity index (χ2n) is 6.75. The molecule has 1 aliphatic carbocycles. The number of fused-ring (bicyclic) bond motifs is 1. The Bertz CT molecular complexity index is 656. The van der Waals surface area contributed by atoms with Gasteiger partial charge < -0.3 is 9.64 Å². The summed E-state index contributed by atoms with van der Waals surface area (Å²) in [7, 11) is 6.11. The minimum atomic E-state index is 0. The lowest BCUT2D eigenvalue weighted by molar-refractivity contribution is 0.229. The molecule has 0 fully saturated rings.